The standard InChI is InChI=1S/C30H32ClN7O3/c1-19-17-36(12-13-37(19)29(40)41-30(2,3)4)28-33-15-21(16-34-28)22-10-11-23-26(24(22)14-32)38(35(5)27(23)39)18-20-8-6-7-9-25(20)31/h6-11,15-16,19H,12-13,17-18H2,1-5H3. The molecule has 2 aromatic carbocycles. The van der Waals surface area contributed by atoms with E-state index < -0.39 is 5.60 Å². The minimum atomic E-state index is -0.555. The molecular weight excluding hydrogens is 542 g/mol. The smallest absolute Gasteiger partial charge is 0.410 e. The molecule has 1 amide bonds. The second kappa shape index (κ2) is 10.9. The first-order valence-corrected chi connectivity index (χ1v) is 13.8. The van der Waals surface area contributed by atoms with Gasteiger partial charge in [-0.15, -0.1) is 0 Å². The molecule has 212 valence electrons. The van der Waals surface area contributed by atoms with Crippen molar-refractivity contribution in [1.82, 2.24) is 24.2 Å². The van der Waals surface area contributed by atoms with Crippen molar-refractivity contribution in [2.45, 2.75) is 45.9 Å². The highest BCUT2D eigenvalue weighted by atomic mass is 35.5. The Morgan fingerprint density at radius 3 is 2.49 bits per heavy atom. The summed E-state index contributed by atoms with van der Waals surface area (Å²) in [7, 11) is 1.68. The fraction of sp³-hybridized carbons (Fsp3) is 0.367. The van der Waals surface area contributed by atoms with Crippen LogP contribution in [0.3, 0.4) is 0 Å². The summed E-state index contributed by atoms with van der Waals surface area (Å²) in [5, 5.41) is 11.3. The van der Waals surface area contributed by atoms with E-state index in [1.807, 2.05) is 50.8 Å². The van der Waals surface area contributed by atoms with Crippen LogP contribution in [0.1, 0.15) is 38.8 Å². The monoisotopic (exact) mass is 573 g/mol. The van der Waals surface area contributed by atoms with Gasteiger partial charge in [0.15, 0.2) is 0 Å². The number of rotatable bonds is 4. The quantitative estimate of drug-likeness (QED) is 0.344. The zero-order valence-corrected chi connectivity index (χ0v) is 24.5. The third-order valence-electron chi connectivity index (χ3n) is 7.20. The maximum absolute atomic E-state index is 13.1. The number of piperazine rings is 1. The van der Waals surface area contributed by atoms with E-state index in [1.165, 1.54) is 4.68 Å². The zero-order chi connectivity index (χ0) is 29.5. The molecule has 11 heteroatoms. The van der Waals surface area contributed by atoms with Gasteiger partial charge in [0, 0.05) is 61.3 Å². The minimum absolute atomic E-state index is 0.0811. The number of fused-ring (bicyclic) bond motifs is 1. The Hall–Kier alpha value is -4.36. The lowest BCUT2D eigenvalue weighted by Crippen LogP contribution is -2.55. The largest absolute Gasteiger partial charge is 0.444 e. The lowest BCUT2D eigenvalue weighted by atomic mass is 10.00. The second-order valence-electron chi connectivity index (χ2n) is 11.2. The van der Waals surface area contributed by atoms with E-state index >= 15 is 0 Å². The maximum Gasteiger partial charge on any atom is 0.410 e. The van der Waals surface area contributed by atoms with Crippen molar-refractivity contribution in [1.29, 1.82) is 5.26 Å². The molecule has 1 unspecified atom stereocenters. The van der Waals surface area contributed by atoms with Crippen molar-refractivity contribution in [2.24, 2.45) is 7.05 Å². The fourth-order valence-corrected chi connectivity index (χ4v) is 5.34. The highest BCUT2D eigenvalue weighted by Gasteiger charge is 2.31. The molecule has 10 nitrogen and oxygen atoms in total. The number of nitrogens with zero attached hydrogens (tertiary/aromatic N) is 7. The number of hydrogen-bond donors (Lipinski definition) is 0. The van der Waals surface area contributed by atoms with Gasteiger partial charge in [0.25, 0.3) is 5.56 Å². The van der Waals surface area contributed by atoms with Gasteiger partial charge in [0.1, 0.15) is 11.7 Å². The number of benzene rings is 2. The molecule has 1 atom stereocenters. The molecule has 0 N–H and O–H groups in total. The van der Waals surface area contributed by atoms with E-state index in [-0.39, 0.29) is 17.7 Å². The first-order valence-electron chi connectivity index (χ1n) is 13.4. The number of carbonyl (C=O) groups excluding carboxylic acids is 1. The molecule has 1 fully saturated rings. The van der Waals surface area contributed by atoms with Crippen molar-refractivity contribution in [3.05, 3.63) is 75.3 Å². The van der Waals surface area contributed by atoms with E-state index in [2.05, 4.69) is 16.0 Å². The van der Waals surface area contributed by atoms with Crippen molar-refractivity contribution < 1.29 is 9.53 Å². The van der Waals surface area contributed by atoms with Crippen molar-refractivity contribution in [3.63, 3.8) is 0 Å². The molecule has 0 radical (unpaired) electrons. The average Bonchev–Trinajstić information content (AvgIpc) is 3.17. The summed E-state index contributed by atoms with van der Waals surface area (Å²) in [5.41, 5.74) is 2.28. The average molecular weight is 574 g/mol. The summed E-state index contributed by atoms with van der Waals surface area (Å²) in [6.07, 6.45) is 3.05. The van der Waals surface area contributed by atoms with Crippen molar-refractivity contribution in [3.8, 4) is 17.2 Å². The van der Waals surface area contributed by atoms with E-state index in [0.29, 0.717) is 64.7 Å². The fourth-order valence-electron chi connectivity index (χ4n) is 5.15. The first-order chi connectivity index (χ1) is 19.5. The molecular formula is C30H32ClN7O3. The summed E-state index contributed by atoms with van der Waals surface area (Å²) in [4.78, 5) is 38.6. The Bertz CT molecular complexity index is 1710. The van der Waals surface area contributed by atoms with Gasteiger partial charge in [0.2, 0.25) is 5.95 Å². The van der Waals surface area contributed by atoms with Crippen LogP contribution in [-0.2, 0) is 18.3 Å². The number of carbonyl (C=O) groups is 1. The Kier molecular flexibility index (Phi) is 7.49. The molecule has 5 rings (SSSR count). The van der Waals surface area contributed by atoms with Crippen LogP contribution in [-0.4, -0.2) is 61.6 Å². The van der Waals surface area contributed by atoms with Crippen LogP contribution in [0.2, 0.25) is 5.02 Å². The van der Waals surface area contributed by atoms with E-state index in [0.717, 1.165) is 5.56 Å². The Labute approximate surface area is 243 Å². The van der Waals surface area contributed by atoms with Crippen LogP contribution in [0.4, 0.5) is 10.7 Å². The first kappa shape index (κ1) is 28.2. The molecule has 0 bridgehead atoms. The molecule has 1 aliphatic heterocycles. The number of amides is 1. The summed E-state index contributed by atoms with van der Waals surface area (Å²) in [6, 6.07) is 13.2. The van der Waals surface area contributed by atoms with Gasteiger partial charge in [-0.05, 0) is 45.4 Å². The third-order valence-corrected chi connectivity index (χ3v) is 7.57. The molecule has 0 saturated carbocycles. The zero-order valence-electron chi connectivity index (χ0n) is 23.8. The lowest BCUT2D eigenvalue weighted by molar-refractivity contribution is 0.0158. The molecule has 4 aromatic rings. The van der Waals surface area contributed by atoms with Gasteiger partial charge in [-0.25, -0.2) is 14.8 Å². The van der Waals surface area contributed by atoms with E-state index in [4.69, 9.17) is 16.3 Å². The molecule has 41 heavy (non-hydrogen) atoms. The van der Waals surface area contributed by atoms with Crippen LogP contribution in [0, 0.1) is 11.3 Å². The number of nitriles is 1. The van der Waals surface area contributed by atoms with Crippen LogP contribution in [0.5, 0.6) is 0 Å². The number of anilines is 1. The molecule has 0 spiro atoms. The molecule has 1 saturated heterocycles. The summed E-state index contributed by atoms with van der Waals surface area (Å²) < 4.78 is 8.83. The molecule has 0 aliphatic carbocycles. The summed E-state index contributed by atoms with van der Waals surface area (Å²) >= 11 is 6.41. The predicted octanol–water partition coefficient (Wildman–Crippen LogP) is 4.82. The summed E-state index contributed by atoms with van der Waals surface area (Å²) in [5.74, 6) is 0.541. The molecule has 2 aromatic heterocycles. The Morgan fingerprint density at radius 2 is 1.85 bits per heavy atom. The van der Waals surface area contributed by atoms with E-state index in [9.17, 15) is 14.9 Å². The SMILES string of the molecule is CC1CN(c2ncc(-c3ccc4c(=O)n(C)n(Cc5ccccc5Cl)c4c3C#N)cn2)CCN1C(=O)OC(C)(C)C. The van der Waals surface area contributed by atoms with Gasteiger partial charge in [-0.1, -0.05) is 35.9 Å². The molecule has 1 aliphatic rings. The van der Waals surface area contributed by atoms with E-state index in [1.54, 1.807) is 47.2 Å². The van der Waals surface area contributed by atoms with Gasteiger partial charge in [-0.2, -0.15) is 5.26 Å². The predicted molar refractivity (Wildman–Crippen MR) is 158 cm³/mol. The minimum Gasteiger partial charge on any atom is -0.444 e. The lowest BCUT2D eigenvalue weighted by Gasteiger charge is -2.40. The highest BCUT2D eigenvalue weighted by molar-refractivity contribution is 6.31. The maximum atomic E-state index is 13.1. The summed E-state index contributed by atoms with van der Waals surface area (Å²) in [6.45, 7) is 9.48. The number of aromatic nitrogens is 4. The highest BCUT2D eigenvalue weighted by Crippen LogP contribution is 2.30. The number of halogens is 1. The Morgan fingerprint density at radius 1 is 1.15 bits per heavy atom. The normalized spacial score (nSPS) is 15.7. The topological polar surface area (TPSA) is 109 Å². The van der Waals surface area contributed by atoms with Crippen LogP contribution >= 0.6 is 11.6 Å². The second-order valence-corrected chi connectivity index (χ2v) is 11.6. The number of ether oxygens (including phenoxy) is 1. The van der Waals surface area contributed by atoms with Gasteiger partial charge < -0.3 is 14.5 Å². The van der Waals surface area contributed by atoms with Crippen molar-refractivity contribution in [2.75, 3.05) is 24.5 Å². The van der Waals surface area contributed by atoms with Gasteiger partial charge in [-0.3, -0.25) is 14.2 Å². The van der Waals surface area contributed by atoms with Crippen LogP contribution in [0.25, 0.3) is 22.0 Å². The number of hydrogen-bond acceptors (Lipinski definition) is 7. The van der Waals surface area contributed by atoms with Crippen molar-refractivity contribution >= 4 is 34.5 Å². The Balaban J connectivity index is 1.43. The third kappa shape index (κ3) is 5.50. The van der Waals surface area contributed by atoms with Gasteiger partial charge >= 0.3 is 6.09 Å². The molecule has 3 heterocycles. The van der Waals surface area contributed by atoms with Crippen LogP contribution in [0.15, 0.2) is 53.6 Å². The van der Waals surface area contributed by atoms with Crippen LogP contribution < -0.4 is 10.5 Å². The van der Waals surface area contributed by atoms with Gasteiger partial charge in [0.05, 0.1) is 23.0 Å².